The fraction of sp³-hybridized carbons (Fsp3) is 0.0588. The average molecular weight is 357 g/mol. The first-order chi connectivity index (χ1) is 12.5. The van der Waals surface area contributed by atoms with Crippen LogP contribution in [-0.4, -0.2) is 25.1 Å². The molecule has 0 amide bonds. The molecule has 130 valence electrons. The lowest BCUT2D eigenvalue weighted by Crippen LogP contribution is -2.14. The van der Waals surface area contributed by atoms with E-state index in [1.165, 1.54) is 12.1 Å². The minimum atomic E-state index is -4.71. The highest BCUT2D eigenvalue weighted by Crippen LogP contribution is 2.37. The Bertz CT molecular complexity index is 1030. The van der Waals surface area contributed by atoms with E-state index in [9.17, 15) is 13.2 Å². The number of benzene rings is 2. The second-order valence-electron chi connectivity index (χ2n) is 5.32. The van der Waals surface area contributed by atoms with Gasteiger partial charge in [-0.25, -0.2) is 4.68 Å². The predicted molar refractivity (Wildman–Crippen MR) is 85.1 cm³/mol. The predicted octanol–water partition coefficient (Wildman–Crippen LogP) is 4.00. The third kappa shape index (κ3) is 2.83. The Kier molecular flexibility index (Phi) is 3.76. The molecule has 0 saturated heterocycles. The van der Waals surface area contributed by atoms with Gasteiger partial charge in [-0.1, -0.05) is 58.9 Å². The Morgan fingerprint density at radius 2 is 1.54 bits per heavy atom. The highest BCUT2D eigenvalue weighted by Gasteiger charge is 2.42. The minimum Gasteiger partial charge on any atom is -0.332 e. The zero-order valence-corrected chi connectivity index (χ0v) is 13.1. The molecule has 0 atom stereocenters. The summed E-state index contributed by atoms with van der Waals surface area (Å²) in [7, 11) is 0. The number of alkyl halides is 3. The third-order valence-electron chi connectivity index (χ3n) is 3.60. The first kappa shape index (κ1) is 16.0. The first-order valence-electron chi connectivity index (χ1n) is 7.52. The lowest BCUT2D eigenvalue weighted by Gasteiger charge is -2.09. The SMILES string of the molecule is FC(F)(F)c1c(-c2nc(-c3ccccc3)no2)nnn1-c1ccccc1. The zero-order chi connectivity index (χ0) is 18.1. The maximum Gasteiger partial charge on any atom is 0.435 e. The van der Waals surface area contributed by atoms with Crippen molar-refractivity contribution >= 4 is 0 Å². The summed E-state index contributed by atoms with van der Waals surface area (Å²) in [5, 5.41) is 11.0. The highest BCUT2D eigenvalue weighted by atomic mass is 19.4. The van der Waals surface area contributed by atoms with E-state index in [1.54, 1.807) is 48.5 Å². The van der Waals surface area contributed by atoms with Crippen LogP contribution in [0.2, 0.25) is 0 Å². The van der Waals surface area contributed by atoms with Gasteiger partial charge < -0.3 is 4.52 Å². The molecule has 0 saturated carbocycles. The van der Waals surface area contributed by atoms with Crippen LogP contribution in [0.4, 0.5) is 13.2 Å². The van der Waals surface area contributed by atoms with Crippen LogP contribution >= 0.6 is 0 Å². The van der Waals surface area contributed by atoms with Gasteiger partial charge in [0.05, 0.1) is 5.69 Å². The third-order valence-corrected chi connectivity index (χ3v) is 3.60. The summed E-state index contributed by atoms with van der Waals surface area (Å²) in [4.78, 5) is 4.04. The quantitative estimate of drug-likeness (QED) is 0.554. The number of hydrogen-bond acceptors (Lipinski definition) is 5. The van der Waals surface area contributed by atoms with Crippen molar-refractivity contribution < 1.29 is 17.7 Å². The summed E-state index contributed by atoms with van der Waals surface area (Å²) in [6.07, 6.45) is -4.71. The van der Waals surface area contributed by atoms with Gasteiger partial charge in [-0.05, 0) is 12.1 Å². The van der Waals surface area contributed by atoms with Gasteiger partial charge in [-0.3, -0.25) is 0 Å². The van der Waals surface area contributed by atoms with Crippen molar-refractivity contribution in [2.45, 2.75) is 6.18 Å². The summed E-state index contributed by atoms with van der Waals surface area (Å²) < 4.78 is 46.7. The number of para-hydroxylation sites is 1. The molecule has 0 aliphatic rings. The fourth-order valence-electron chi connectivity index (χ4n) is 2.45. The second kappa shape index (κ2) is 6.10. The second-order valence-corrected chi connectivity index (χ2v) is 5.32. The zero-order valence-electron chi connectivity index (χ0n) is 13.1. The molecule has 0 aliphatic heterocycles. The molecule has 6 nitrogen and oxygen atoms in total. The first-order valence-corrected chi connectivity index (χ1v) is 7.52. The van der Waals surface area contributed by atoms with Crippen LogP contribution in [0.25, 0.3) is 28.7 Å². The fourth-order valence-corrected chi connectivity index (χ4v) is 2.45. The maximum atomic E-state index is 13.7. The lowest BCUT2D eigenvalue weighted by molar-refractivity contribution is -0.142. The van der Waals surface area contributed by atoms with Crippen molar-refractivity contribution in [2.75, 3.05) is 0 Å². The summed E-state index contributed by atoms with van der Waals surface area (Å²) >= 11 is 0. The topological polar surface area (TPSA) is 69.6 Å². The molecule has 0 bridgehead atoms. The molecule has 4 aromatic rings. The van der Waals surface area contributed by atoms with E-state index in [4.69, 9.17) is 4.52 Å². The van der Waals surface area contributed by atoms with Crippen LogP contribution in [0.5, 0.6) is 0 Å². The molecule has 26 heavy (non-hydrogen) atoms. The van der Waals surface area contributed by atoms with E-state index in [-0.39, 0.29) is 17.4 Å². The van der Waals surface area contributed by atoms with Gasteiger partial charge in [0.25, 0.3) is 5.89 Å². The van der Waals surface area contributed by atoms with Gasteiger partial charge in [-0.2, -0.15) is 18.2 Å². The summed E-state index contributed by atoms with van der Waals surface area (Å²) in [5.74, 6) is -0.179. The lowest BCUT2D eigenvalue weighted by atomic mass is 10.2. The van der Waals surface area contributed by atoms with Crippen molar-refractivity contribution in [3.05, 3.63) is 66.4 Å². The number of nitrogens with zero attached hydrogens (tertiary/aromatic N) is 5. The monoisotopic (exact) mass is 357 g/mol. The van der Waals surface area contributed by atoms with Crippen molar-refractivity contribution in [1.82, 2.24) is 25.1 Å². The number of aromatic nitrogens is 5. The molecule has 2 aromatic carbocycles. The molecule has 0 N–H and O–H groups in total. The average Bonchev–Trinajstić information content (AvgIpc) is 3.30. The van der Waals surface area contributed by atoms with E-state index in [2.05, 4.69) is 20.5 Å². The van der Waals surface area contributed by atoms with Gasteiger partial charge in [0, 0.05) is 5.56 Å². The van der Waals surface area contributed by atoms with Gasteiger partial charge in [0.2, 0.25) is 5.82 Å². The van der Waals surface area contributed by atoms with E-state index >= 15 is 0 Å². The largest absolute Gasteiger partial charge is 0.435 e. The Morgan fingerprint density at radius 1 is 0.885 bits per heavy atom. The van der Waals surface area contributed by atoms with E-state index in [0.29, 0.717) is 10.2 Å². The molecule has 0 radical (unpaired) electrons. The van der Waals surface area contributed by atoms with Gasteiger partial charge in [0.1, 0.15) is 0 Å². The van der Waals surface area contributed by atoms with Crippen LogP contribution in [0.15, 0.2) is 65.2 Å². The van der Waals surface area contributed by atoms with Crippen molar-refractivity contribution in [3.63, 3.8) is 0 Å². The van der Waals surface area contributed by atoms with E-state index in [1.807, 2.05) is 0 Å². The minimum absolute atomic E-state index is 0.169. The summed E-state index contributed by atoms with van der Waals surface area (Å²) in [5.41, 5.74) is -0.754. The normalized spacial score (nSPS) is 11.7. The molecule has 9 heteroatoms. The number of hydrogen-bond donors (Lipinski definition) is 0. The number of halogens is 3. The molecule has 0 spiro atoms. The highest BCUT2D eigenvalue weighted by molar-refractivity contribution is 5.59. The maximum absolute atomic E-state index is 13.7. The molecular formula is C17H10F3N5O. The Balaban J connectivity index is 1.83. The molecular weight excluding hydrogens is 347 g/mol. The van der Waals surface area contributed by atoms with Crippen LogP contribution in [0.3, 0.4) is 0 Å². The summed E-state index contributed by atoms with van der Waals surface area (Å²) in [6, 6.07) is 16.7. The standard InChI is InChI=1S/C17H10F3N5O/c18-17(19,20)14-13(22-24-25(14)12-9-5-2-6-10-12)16-21-15(23-26-16)11-7-3-1-4-8-11/h1-10H. The molecule has 0 aliphatic carbocycles. The molecule has 2 aromatic heterocycles. The smallest absolute Gasteiger partial charge is 0.332 e. The van der Waals surface area contributed by atoms with E-state index < -0.39 is 17.6 Å². The van der Waals surface area contributed by atoms with Crippen LogP contribution in [0.1, 0.15) is 5.69 Å². The van der Waals surface area contributed by atoms with Crippen LogP contribution in [0, 0.1) is 0 Å². The number of rotatable bonds is 3. The van der Waals surface area contributed by atoms with Gasteiger partial charge >= 0.3 is 6.18 Å². The van der Waals surface area contributed by atoms with Crippen LogP contribution < -0.4 is 0 Å². The Hall–Kier alpha value is -3.49. The Morgan fingerprint density at radius 3 is 2.19 bits per heavy atom. The van der Waals surface area contributed by atoms with Gasteiger partial charge in [0.15, 0.2) is 11.4 Å². The van der Waals surface area contributed by atoms with Crippen molar-refractivity contribution in [3.8, 4) is 28.7 Å². The summed E-state index contributed by atoms with van der Waals surface area (Å²) in [6.45, 7) is 0. The van der Waals surface area contributed by atoms with Crippen LogP contribution in [-0.2, 0) is 6.18 Å². The molecule has 0 unspecified atom stereocenters. The molecule has 4 rings (SSSR count). The Labute approximate surface area is 144 Å². The van der Waals surface area contributed by atoms with E-state index in [0.717, 1.165) is 0 Å². The molecule has 2 heterocycles. The van der Waals surface area contributed by atoms with Crippen molar-refractivity contribution in [2.24, 2.45) is 0 Å². The van der Waals surface area contributed by atoms with Crippen molar-refractivity contribution in [1.29, 1.82) is 0 Å². The van der Waals surface area contributed by atoms with Gasteiger partial charge in [-0.15, -0.1) is 5.10 Å². The molecule has 0 fully saturated rings.